The number of ether oxygens (including phenoxy) is 1. The van der Waals surface area contributed by atoms with E-state index in [-0.39, 0.29) is 24.6 Å². The van der Waals surface area contributed by atoms with Gasteiger partial charge in [-0.2, -0.15) is 0 Å². The number of thiazole rings is 1. The molecule has 3 rings (SSSR count). The van der Waals surface area contributed by atoms with Gasteiger partial charge in [-0.05, 0) is 32.4 Å². The van der Waals surface area contributed by atoms with Crippen LogP contribution < -0.4 is 15.4 Å². The van der Waals surface area contributed by atoms with Gasteiger partial charge in [-0.25, -0.2) is 9.78 Å². The van der Waals surface area contributed by atoms with Crippen LogP contribution in [0.25, 0.3) is 0 Å². The second-order valence-corrected chi connectivity index (χ2v) is 7.85. The molecular weight excluding hydrogens is 364 g/mol. The maximum Gasteiger partial charge on any atom is 0.321 e. The van der Waals surface area contributed by atoms with Crippen molar-refractivity contribution in [3.63, 3.8) is 0 Å². The number of nitrogens with one attached hydrogen (secondary N) is 2. The van der Waals surface area contributed by atoms with Gasteiger partial charge in [0.2, 0.25) is 0 Å². The van der Waals surface area contributed by atoms with Crippen LogP contribution in [0.2, 0.25) is 0 Å². The molecule has 1 aliphatic heterocycles. The highest BCUT2D eigenvalue weighted by Crippen LogP contribution is 2.28. The fraction of sp³-hybridized carbons (Fsp3) is 0.421. The Hall–Kier alpha value is -2.61. The Morgan fingerprint density at radius 1 is 1.33 bits per heavy atom. The smallest absolute Gasteiger partial charge is 0.321 e. The quantitative estimate of drug-likeness (QED) is 0.825. The van der Waals surface area contributed by atoms with E-state index in [1.165, 1.54) is 11.3 Å². The number of fused-ring (bicyclic) bond motifs is 1. The van der Waals surface area contributed by atoms with Crippen molar-refractivity contribution in [1.82, 2.24) is 15.2 Å². The van der Waals surface area contributed by atoms with Gasteiger partial charge in [-0.1, -0.05) is 29.5 Å². The number of urea groups is 1. The van der Waals surface area contributed by atoms with Crippen molar-refractivity contribution in [3.05, 3.63) is 40.4 Å². The molecule has 3 amide bonds. The summed E-state index contributed by atoms with van der Waals surface area (Å²) < 4.78 is 5.67. The summed E-state index contributed by atoms with van der Waals surface area (Å²) in [7, 11) is 0. The highest BCUT2D eigenvalue weighted by Gasteiger charge is 2.25. The van der Waals surface area contributed by atoms with Crippen LogP contribution in [-0.2, 0) is 17.8 Å². The third-order valence-electron chi connectivity index (χ3n) is 4.17. The van der Waals surface area contributed by atoms with Crippen LogP contribution in [0, 0.1) is 6.92 Å². The molecule has 1 aromatic heterocycles. The monoisotopic (exact) mass is 388 g/mol. The first-order chi connectivity index (χ1) is 12.9. The van der Waals surface area contributed by atoms with Gasteiger partial charge in [0, 0.05) is 23.9 Å². The Morgan fingerprint density at radius 3 is 2.85 bits per heavy atom. The van der Waals surface area contributed by atoms with Gasteiger partial charge < -0.3 is 15.0 Å². The molecule has 2 N–H and O–H groups in total. The number of anilines is 1. The van der Waals surface area contributed by atoms with E-state index in [1.54, 1.807) is 4.90 Å². The largest absolute Gasteiger partial charge is 0.484 e. The highest BCUT2D eigenvalue weighted by molar-refractivity contribution is 7.15. The number of hydrogen-bond acceptors (Lipinski definition) is 5. The number of amides is 3. The molecule has 2 aromatic rings. The third kappa shape index (κ3) is 4.97. The Balaban J connectivity index is 1.56. The molecule has 0 spiro atoms. The summed E-state index contributed by atoms with van der Waals surface area (Å²) in [6.07, 6.45) is 0.676. The average Bonchev–Trinajstić information content (AvgIpc) is 3.01. The number of carbonyl (C=O) groups is 2. The summed E-state index contributed by atoms with van der Waals surface area (Å²) in [4.78, 5) is 31.6. The van der Waals surface area contributed by atoms with E-state index in [2.05, 4.69) is 15.6 Å². The summed E-state index contributed by atoms with van der Waals surface area (Å²) in [5.41, 5.74) is 1.95. The fourth-order valence-corrected chi connectivity index (χ4v) is 3.83. The van der Waals surface area contributed by atoms with Gasteiger partial charge in [0.25, 0.3) is 5.91 Å². The van der Waals surface area contributed by atoms with Crippen molar-refractivity contribution in [2.24, 2.45) is 0 Å². The predicted molar refractivity (Wildman–Crippen MR) is 105 cm³/mol. The van der Waals surface area contributed by atoms with Gasteiger partial charge >= 0.3 is 6.03 Å². The molecule has 2 heterocycles. The van der Waals surface area contributed by atoms with Crippen molar-refractivity contribution in [2.45, 2.75) is 39.8 Å². The summed E-state index contributed by atoms with van der Waals surface area (Å²) >= 11 is 1.41. The lowest BCUT2D eigenvalue weighted by atomic mass is 10.2. The third-order valence-corrected chi connectivity index (χ3v) is 5.17. The van der Waals surface area contributed by atoms with E-state index in [0.717, 1.165) is 21.9 Å². The Morgan fingerprint density at radius 2 is 2.11 bits per heavy atom. The van der Waals surface area contributed by atoms with Crippen molar-refractivity contribution in [3.8, 4) is 5.75 Å². The van der Waals surface area contributed by atoms with Gasteiger partial charge in [-0.3, -0.25) is 10.1 Å². The molecule has 0 saturated heterocycles. The zero-order valence-electron chi connectivity index (χ0n) is 15.7. The molecule has 0 unspecified atom stereocenters. The summed E-state index contributed by atoms with van der Waals surface area (Å²) in [5.74, 6) is 0.674. The van der Waals surface area contributed by atoms with Crippen LogP contribution >= 0.6 is 11.3 Å². The number of rotatable bonds is 5. The van der Waals surface area contributed by atoms with Crippen LogP contribution in [-0.4, -0.2) is 41.0 Å². The molecule has 0 aliphatic carbocycles. The fourth-order valence-electron chi connectivity index (χ4n) is 2.81. The molecule has 0 saturated carbocycles. The first-order valence-corrected chi connectivity index (χ1v) is 9.76. The average molecular weight is 388 g/mol. The van der Waals surface area contributed by atoms with Crippen LogP contribution in [0.1, 0.15) is 30.0 Å². The Bertz CT molecular complexity index is 834. The van der Waals surface area contributed by atoms with E-state index < -0.39 is 0 Å². The van der Waals surface area contributed by atoms with Crippen LogP contribution in [0.5, 0.6) is 5.75 Å². The molecule has 0 fully saturated rings. The zero-order chi connectivity index (χ0) is 19.4. The molecule has 0 bridgehead atoms. The number of aryl methyl sites for hydroxylation is 1. The first-order valence-electron chi connectivity index (χ1n) is 8.94. The molecule has 0 atom stereocenters. The zero-order valence-corrected chi connectivity index (χ0v) is 16.6. The summed E-state index contributed by atoms with van der Waals surface area (Å²) in [6.45, 7) is 6.86. The van der Waals surface area contributed by atoms with Crippen LogP contribution in [0.15, 0.2) is 24.3 Å². The first kappa shape index (κ1) is 19.2. The van der Waals surface area contributed by atoms with Crippen molar-refractivity contribution in [2.75, 3.05) is 18.5 Å². The van der Waals surface area contributed by atoms with Crippen LogP contribution in [0.3, 0.4) is 0 Å². The van der Waals surface area contributed by atoms with E-state index in [0.29, 0.717) is 24.6 Å². The number of nitrogens with zero attached hydrogens (tertiary/aromatic N) is 2. The Kier molecular flexibility index (Phi) is 5.95. The van der Waals surface area contributed by atoms with Crippen molar-refractivity contribution < 1.29 is 14.3 Å². The van der Waals surface area contributed by atoms with Gasteiger partial charge in [0.1, 0.15) is 5.75 Å². The minimum Gasteiger partial charge on any atom is -0.484 e. The highest BCUT2D eigenvalue weighted by atomic mass is 32.1. The number of benzene rings is 1. The topological polar surface area (TPSA) is 83.6 Å². The summed E-state index contributed by atoms with van der Waals surface area (Å²) in [5, 5.41) is 6.09. The predicted octanol–water partition coefficient (Wildman–Crippen LogP) is 2.95. The number of aromatic nitrogens is 1. The SMILES string of the molecule is Cc1ccccc1OCC(=O)N1CCc2nc(NC(=O)NC(C)C)sc2C1. The van der Waals surface area contributed by atoms with E-state index in [9.17, 15) is 9.59 Å². The summed E-state index contributed by atoms with van der Waals surface area (Å²) in [6, 6.07) is 7.43. The van der Waals surface area contributed by atoms with Gasteiger partial charge in [0.15, 0.2) is 11.7 Å². The maximum absolute atomic E-state index is 12.5. The standard InChI is InChI=1S/C19H24N4O3S/c1-12(2)20-18(25)22-19-21-14-8-9-23(10-16(14)27-19)17(24)11-26-15-7-5-4-6-13(15)3/h4-7,12H,8-11H2,1-3H3,(H2,20,21,22,25). The van der Waals surface area contributed by atoms with Gasteiger partial charge in [0.05, 0.1) is 12.2 Å². The van der Waals surface area contributed by atoms with E-state index >= 15 is 0 Å². The number of carbonyl (C=O) groups excluding carboxylic acids is 2. The second kappa shape index (κ2) is 8.39. The minimum atomic E-state index is -0.268. The second-order valence-electron chi connectivity index (χ2n) is 6.76. The lowest BCUT2D eigenvalue weighted by molar-refractivity contribution is -0.134. The molecule has 144 valence electrons. The maximum atomic E-state index is 12.5. The Labute approximate surface area is 162 Å². The minimum absolute atomic E-state index is 0.0148. The lowest BCUT2D eigenvalue weighted by Crippen LogP contribution is -2.38. The molecule has 7 nitrogen and oxygen atoms in total. The van der Waals surface area contributed by atoms with Gasteiger partial charge in [-0.15, -0.1) is 0 Å². The molecule has 1 aliphatic rings. The van der Waals surface area contributed by atoms with E-state index in [1.807, 2.05) is 45.0 Å². The number of para-hydroxylation sites is 1. The van der Waals surface area contributed by atoms with Crippen molar-refractivity contribution >= 4 is 28.4 Å². The molecule has 27 heavy (non-hydrogen) atoms. The van der Waals surface area contributed by atoms with Crippen molar-refractivity contribution in [1.29, 1.82) is 0 Å². The van der Waals surface area contributed by atoms with E-state index in [4.69, 9.17) is 4.74 Å². The molecule has 0 radical (unpaired) electrons. The van der Waals surface area contributed by atoms with Crippen LogP contribution in [0.4, 0.5) is 9.93 Å². The lowest BCUT2D eigenvalue weighted by Gasteiger charge is -2.26. The normalized spacial score (nSPS) is 13.3. The molecular formula is C19H24N4O3S. The molecule has 8 heteroatoms. The molecule has 1 aromatic carbocycles. The number of hydrogen-bond donors (Lipinski definition) is 2.